The molecule has 1 N–H and O–H groups in total. The summed E-state index contributed by atoms with van der Waals surface area (Å²) in [5.74, 6) is 0.236. The number of rotatable bonds is 6. The minimum absolute atomic E-state index is 0.123. The SMILES string of the molecule is Cc1nc(CN(C)C(=O)NCc2ccc(CN3CCCC3=O)cc2)cs1. The maximum absolute atomic E-state index is 12.2. The third kappa shape index (κ3) is 4.82. The van der Waals surface area contributed by atoms with Gasteiger partial charge in [0.1, 0.15) is 0 Å². The van der Waals surface area contributed by atoms with Crippen LogP contribution in [0.5, 0.6) is 0 Å². The van der Waals surface area contributed by atoms with E-state index in [1.165, 1.54) is 0 Å². The molecule has 0 spiro atoms. The number of hydrogen-bond donors (Lipinski definition) is 1. The molecule has 0 aliphatic carbocycles. The Morgan fingerprint density at radius 1 is 1.31 bits per heavy atom. The molecule has 0 atom stereocenters. The van der Waals surface area contributed by atoms with E-state index < -0.39 is 0 Å². The van der Waals surface area contributed by atoms with Crippen LogP contribution in [0.1, 0.15) is 34.7 Å². The quantitative estimate of drug-likeness (QED) is 0.848. The molecule has 0 unspecified atom stereocenters. The molecule has 0 radical (unpaired) electrons. The lowest BCUT2D eigenvalue weighted by Crippen LogP contribution is -2.36. The van der Waals surface area contributed by atoms with E-state index in [4.69, 9.17) is 0 Å². The van der Waals surface area contributed by atoms with Gasteiger partial charge >= 0.3 is 6.03 Å². The fourth-order valence-electron chi connectivity index (χ4n) is 2.96. The molecule has 1 saturated heterocycles. The molecule has 1 aliphatic rings. The summed E-state index contributed by atoms with van der Waals surface area (Å²) in [7, 11) is 1.76. The first-order valence-corrected chi connectivity index (χ1v) is 9.65. The first-order chi connectivity index (χ1) is 12.5. The average molecular weight is 372 g/mol. The van der Waals surface area contributed by atoms with Crippen molar-refractivity contribution >= 4 is 23.3 Å². The third-order valence-electron chi connectivity index (χ3n) is 4.42. The van der Waals surface area contributed by atoms with Crippen molar-refractivity contribution in [1.29, 1.82) is 0 Å². The van der Waals surface area contributed by atoms with Crippen LogP contribution in [0, 0.1) is 6.92 Å². The van der Waals surface area contributed by atoms with E-state index in [2.05, 4.69) is 10.3 Å². The Kier molecular flexibility index (Phi) is 5.88. The summed E-state index contributed by atoms with van der Waals surface area (Å²) in [4.78, 5) is 31.8. The highest BCUT2D eigenvalue weighted by Gasteiger charge is 2.19. The van der Waals surface area contributed by atoms with Gasteiger partial charge in [0, 0.05) is 38.5 Å². The van der Waals surface area contributed by atoms with Gasteiger partial charge < -0.3 is 15.1 Å². The zero-order valence-corrected chi connectivity index (χ0v) is 16.0. The number of aryl methyl sites for hydroxylation is 1. The van der Waals surface area contributed by atoms with Crippen molar-refractivity contribution in [2.24, 2.45) is 0 Å². The Morgan fingerprint density at radius 2 is 2.04 bits per heavy atom. The van der Waals surface area contributed by atoms with Gasteiger partial charge in [-0.2, -0.15) is 0 Å². The number of carbonyl (C=O) groups excluding carboxylic acids is 2. The molecule has 26 heavy (non-hydrogen) atoms. The molecule has 7 heteroatoms. The number of hydrogen-bond acceptors (Lipinski definition) is 4. The Hall–Kier alpha value is -2.41. The van der Waals surface area contributed by atoms with E-state index in [1.54, 1.807) is 23.3 Å². The van der Waals surface area contributed by atoms with E-state index in [1.807, 2.05) is 41.5 Å². The summed E-state index contributed by atoms with van der Waals surface area (Å²) in [6.45, 7) is 4.45. The average Bonchev–Trinajstić information content (AvgIpc) is 3.22. The standard InChI is InChI=1S/C19H24N4O2S/c1-14-21-17(13-26-14)12-22(2)19(25)20-10-15-5-7-16(8-6-15)11-23-9-3-4-18(23)24/h5-8,13H,3-4,9-12H2,1-2H3,(H,20,25). The predicted molar refractivity (Wildman–Crippen MR) is 102 cm³/mol. The maximum Gasteiger partial charge on any atom is 0.317 e. The van der Waals surface area contributed by atoms with Crippen molar-refractivity contribution in [3.8, 4) is 0 Å². The molecule has 1 aromatic carbocycles. The first-order valence-electron chi connectivity index (χ1n) is 8.77. The van der Waals surface area contributed by atoms with Crippen LogP contribution in [-0.4, -0.2) is 40.3 Å². The highest BCUT2D eigenvalue weighted by molar-refractivity contribution is 7.09. The van der Waals surface area contributed by atoms with Crippen LogP contribution in [-0.2, 0) is 24.4 Å². The number of benzene rings is 1. The van der Waals surface area contributed by atoms with Gasteiger partial charge in [-0.25, -0.2) is 9.78 Å². The summed E-state index contributed by atoms with van der Waals surface area (Å²) in [6.07, 6.45) is 1.62. The molecule has 0 bridgehead atoms. The monoisotopic (exact) mass is 372 g/mol. The van der Waals surface area contributed by atoms with E-state index in [9.17, 15) is 9.59 Å². The van der Waals surface area contributed by atoms with Crippen molar-refractivity contribution in [3.63, 3.8) is 0 Å². The maximum atomic E-state index is 12.2. The third-order valence-corrected chi connectivity index (χ3v) is 5.25. The predicted octanol–water partition coefficient (Wildman–Crippen LogP) is 2.92. The minimum Gasteiger partial charge on any atom is -0.338 e. The van der Waals surface area contributed by atoms with Crippen LogP contribution < -0.4 is 5.32 Å². The van der Waals surface area contributed by atoms with Gasteiger partial charge in [0.25, 0.3) is 0 Å². The summed E-state index contributed by atoms with van der Waals surface area (Å²) >= 11 is 1.59. The number of carbonyl (C=O) groups is 2. The highest BCUT2D eigenvalue weighted by Crippen LogP contribution is 2.15. The number of aromatic nitrogens is 1. The van der Waals surface area contributed by atoms with Crippen molar-refractivity contribution < 1.29 is 9.59 Å². The fourth-order valence-corrected chi connectivity index (χ4v) is 3.57. The lowest BCUT2D eigenvalue weighted by molar-refractivity contribution is -0.128. The van der Waals surface area contributed by atoms with Gasteiger partial charge in [0.2, 0.25) is 5.91 Å². The molecule has 3 rings (SSSR count). The molecule has 138 valence electrons. The number of likely N-dealkylation sites (tertiary alicyclic amines) is 1. The second kappa shape index (κ2) is 8.31. The summed E-state index contributed by atoms with van der Waals surface area (Å²) in [5, 5.41) is 5.90. The fraction of sp³-hybridized carbons (Fsp3) is 0.421. The number of thiazole rings is 1. The molecular formula is C19H24N4O2S. The zero-order valence-electron chi connectivity index (χ0n) is 15.2. The van der Waals surface area contributed by atoms with E-state index >= 15 is 0 Å². The van der Waals surface area contributed by atoms with Crippen molar-refractivity contribution in [2.75, 3.05) is 13.6 Å². The number of urea groups is 1. The highest BCUT2D eigenvalue weighted by atomic mass is 32.1. The molecule has 2 aromatic rings. The van der Waals surface area contributed by atoms with Crippen LogP contribution in [0.2, 0.25) is 0 Å². The van der Waals surface area contributed by atoms with E-state index in [-0.39, 0.29) is 11.9 Å². The second-order valence-corrected chi connectivity index (χ2v) is 7.67. The lowest BCUT2D eigenvalue weighted by Gasteiger charge is -2.17. The van der Waals surface area contributed by atoms with Gasteiger partial charge in [-0.15, -0.1) is 11.3 Å². The van der Waals surface area contributed by atoms with Gasteiger partial charge in [-0.05, 0) is 24.5 Å². The molecule has 1 fully saturated rings. The normalized spacial score (nSPS) is 13.9. The van der Waals surface area contributed by atoms with E-state index in [0.717, 1.165) is 34.8 Å². The molecule has 1 aromatic heterocycles. The van der Waals surface area contributed by atoms with Gasteiger partial charge in [0.05, 0.1) is 17.2 Å². The first kappa shape index (κ1) is 18.4. The van der Waals surface area contributed by atoms with Gasteiger partial charge in [-0.3, -0.25) is 4.79 Å². The van der Waals surface area contributed by atoms with E-state index in [0.29, 0.717) is 26.1 Å². The molecule has 2 heterocycles. The van der Waals surface area contributed by atoms with Crippen molar-refractivity contribution in [3.05, 3.63) is 51.5 Å². The Balaban J connectivity index is 1.46. The largest absolute Gasteiger partial charge is 0.338 e. The van der Waals surface area contributed by atoms with Crippen molar-refractivity contribution in [2.45, 2.75) is 39.4 Å². The Labute approximate surface area is 157 Å². The smallest absolute Gasteiger partial charge is 0.317 e. The molecule has 1 aliphatic heterocycles. The number of nitrogens with one attached hydrogen (secondary N) is 1. The van der Waals surface area contributed by atoms with Crippen LogP contribution in [0.4, 0.5) is 4.79 Å². The number of nitrogens with zero attached hydrogens (tertiary/aromatic N) is 3. The van der Waals surface area contributed by atoms with Crippen LogP contribution >= 0.6 is 11.3 Å². The Bertz CT molecular complexity index is 772. The number of amides is 3. The van der Waals surface area contributed by atoms with Crippen LogP contribution in [0.25, 0.3) is 0 Å². The zero-order chi connectivity index (χ0) is 18.5. The topological polar surface area (TPSA) is 65.5 Å². The summed E-state index contributed by atoms with van der Waals surface area (Å²) < 4.78 is 0. The van der Waals surface area contributed by atoms with Crippen molar-refractivity contribution in [1.82, 2.24) is 20.1 Å². The van der Waals surface area contributed by atoms with Crippen LogP contribution in [0.15, 0.2) is 29.6 Å². The second-order valence-electron chi connectivity index (χ2n) is 6.61. The lowest BCUT2D eigenvalue weighted by atomic mass is 10.1. The van der Waals surface area contributed by atoms with Gasteiger partial charge in [-0.1, -0.05) is 24.3 Å². The minimum atomic E-state index is -0.123. The molecular weight excluding hydrogens is 348 g/mol. The van der Waals surface area contributed by atoms with Crippen LogP contribution in [0.3, 0.4) is 0 Å². The van der Waals surface area contributed by atoms with Gasteiger partial charge in [0.15, 0.2) is 0 Å². The molecule has 6 nitrogen and oxygen atoms in total. The summed E-state index contributed by atoms with van der Waals surface area (Å²) in [6, 6.07) is 7.92. The molecule has 0 saturated carbocycles. The summed E-state index contributed by atoms with van der Waals surface area (Å²) in [5.41, 5.74) is 3.06. The Morgan fingerprint density at radius 3 is 2.65 bits per heavy atom. The molecule has 3 amide bonds.